The lowest BCUT2D eigenvalue weighted by molar-refractivity contribution is -0.113. The summed E-state index contributed by atoms with van der Waals surface area (Å²) in [6, 6.07) is 5.48. The number of amides is 1. The highest BCUT2D eigenvalue weighted by Crippen LogP contribution is 2.22. The summed E-state index contributed by atoms with van der Waals surface area (Å²) in [5.41, 5.74) is 5.62. The van der Waals surface area contributed by atoms with Gasteiger partial charge in [-0.3, -0.25) is 4.79 Å². The van der Waals surface area contributed by atoms with Gasteiger partial charge in [-0.25, -0.2) is 10.1 Å². The third-order valence-corrected chi connectivity index (χ3v) is 5.14. The number of nitrogens with one attached hydrogen (secondary N) is 2. The van der Waals surface area contributed by atoms with Crippen LogP contribution in [0.3, 0.4) is 0 Å². The first-order valence-corrected chi connectivity index (χ1v) is 9.64. The van der Waals surface area contributed by atoms with Gasteiger partial charge in [-0.1, -0.05) is 11.8 Å². The lowest BCUT2D eigenvalue weighted by Crippen LogP contribution is -2.17. The number of rotatable bonds is 7. The van der Waals surface area contributed by atoms with E-state index in [1.807, 2.05) is 19.1 Å². The number of thioether (sulfide) groups is 1. The van der Waals surface area contributed by atoms with Crippen LogP contribution in [0.25, 0.3) is 0 Å². The van der Waals surface area contributed by atoms with E-state index in [9.17, 15) is 4.79 Å². The molecule has 1 saturated carbocycles. The van der Waals surface area contributed by atoms with E-state index in [4.69, 9.17) is 10.6 Å². The summed E-state index contributed by atoms with van der Waals surface area (Å²) >= 11 is 1.21. The molecule has 0 spiro atoms. The molecule has 27 heavy (non-hydrogen) atoms. The molecule has 2 aromatic rings. The van der Waals surface area contributed by atoms with Gasteiger partial charge < -0.3 is 15.9 Å². The molecule has 1 heterocycles. The smallest absolute Gasteiger partial charge is 0.264 e. The third kappa shape index (κ3) is 4.91. The van der Waals surface area contributed by atoms with Gasteiger partial charge in [-0.15, -0.1) is 10.2 Å². The molecule has 144 valence electrons. The Bertz CT molecular complexity index is 842. The van der Waals surface area contributed by atoms with E-state index in [1.54, 1.807) is 13.2 Å². The number of anilines is 2. The fourth-order valence-electron chi connectivity index (χ4n) is 2.70. The number of carbonyl (C=O) groups is 1. The van der Waals surface area contributed by atoms with Crippen molar-refractivity contribution in [2.45, 2.75) is 37.8 Å². The maximum atomic E-state index is 12.2. The Labute approximate surface area is 161 Å². The molecule has 0 radical (unpaired) electrons. The first-order chi connectivity index (χ1) is 13.1. The van der Waals surface area contributed by atoms with Crippen LogP contribution in [0.15, 0.2) is 28.5 Å². The van der Waals surface area contributed by atoms with E-state index >= 15 is 0 Å². The van der Waals surface area contributed by atoms with Crippen molar-refractivity contribution >= 4 is 35.0 Å². The maximum Gasteiger partial charge on any atom is 0.264 e. The molecule has 0 atom stereocenters. The monoisotopic (exact) mass is 389 g/mol. The fourth-order valence-corrected chi connectivity index (χ4v) is 3.35. The molecular formula is C17H23N7O2S. The minimum atomic E-state index is -0.156. The van der Waals surface area contributed by atoms with Crippen LogP contribution >= 0.6 is 11.8 Å². The van der Waals surface area contributed by atoms with Gasteiger partial charge in [0, 0.05) is 11.4 Å². The SMILES string of the molecule is COc1ccc(NC(=O)CSc2nnc(NN=C3CCCC3)n2N)c(C)c1. The number of benzene rings is 1. The lowest BCUT2D eigenvalue weighted by Gasteiger charge is -2.09. The van der Waals surface area contributed by atoms with E-state index in [0.29, 0.717) is 11.1 Å². The van der Waals surface area contributed by atoms with Gasteiger partial charge >= 0.3 is 0 Å². The highest BCUT2D eigenvalue weighted by atomic mass is 32.2. The number of carbonyl (C=O) groups excluding carboxylic acids is 1. The summed E-state index contributed by atoms with van der Waals surface area (Å²) in [6.45, 7) is 1.91. The van der Waals surface area contributed by atoms with Gasteiger partial charge in [0.05, 0.1) is 12.9 Å². The number of hydrazone groups is 1. The van der Waals surface area contributed by atoms with Gasteiger partial charge in [0.25, 0.3) is 5.95 Å². The van der Waals surface area contributed by atoms with E-state index in [1.165, 1.54) is 29.3 Å². The number of nitrogen functional groups attached to an aromatic ring is 1. The van der Waals surface area contributed by atoms with Gasteiger partial charge in [0.15, 0.2) is 0 Å². The molecule has 1 aliphatic carbocycles. The zero-order valence-corrected chi connectivity index (χ0v) is 16.2. The normalized spacial score (nSPS) is 13.5. The number of aryl methyl sites for hydroxylation is 1. The average Bonchev–Trinajstić information content (AvgIpc) is 3.30. The van der Waals surface area contributed by atoms with Gasteiger partial charge in [-0.2, -0.15) is 5.10 Å². The Balaban J connectivity index is 1.53. The van der Waals surface area contributed by atoms with Crippen molar-refractivity contribution in [2.24, 2.45) is 5.10 Å². The van der Waals surface area contributed by atoms with Crippen molar-refractivity contribution in [3.63, 3.8) is 0 Å². The molecule has 3 rings (SSSR count). The molecular weight excluding hydrogens is 366 g/mol. The van der Waals surface area contributed by atoms with Crippen LogP contribution < -0.4 is 21.3 Å². The van der Waals surface area contributed by atoms with E-state index in [-0.39, 0.29) is 11.7 Å². The molecule has 1 aliphatic rings. The second-order valence-electron chi connectivity index (χ2n) is 6.19. The summed E-state index contributed by atoms with van der Waals surface area (Å²) in [7, 11) is 1.61. The highest BCUT2D eigenvalue weighted by Gasteiger charge is 2.14. The molecule has 1 aromatic heterocycles. The quantitative estimate of drug-likeness (QED) is 0.378. The number of ether oxygens (including phenoxy) is 1. The van der Waals surface area contributed by atoms with Crippen molar-refractivity contribution in [3.8, 4) is 5.75 Å². The van der Waals surface area contributed by atoms with Crippen molar-refractivity contribution in [3.05, 3.63) is 23.8 Å². The fraction of sp³-hybridized carbons (Fsp3) is 0.412. The molecule has 4 N–H and O–H groups in total. The number of hydrogen-bond acceptors (Lipinski definition) is 8. The van der Waals surface area contributed by atoms with Gasteiger partial charge in [0.2, 0.25) is 11.1 Å². The number of methoxy groups -OCH3 is 1. The Kier molecular flexibility index (Phi) is 6.17. The zero-order valence-electron chi connectivity index (χ0n) is 15.4. The molecule has 1 amide bonds. The molecule has 10 heteroatoms. The van der Waals surface area contributed by atoms with E-state index in [2.05, 4.69) is 26.0 Å². The first-order valence-electron chi connectivity index (χ1n) is 8.66. The molecule has 0 saturated heterocycles. The number of nitrogens with two attached hydrogens (primary N) is 1. The Hall–Kier alpha value is -2.75. The van der Waals surface area contributed by atoms with Crippen molar-refractivity contribution < 1.29 is 9.53 Å². The Morgan fingerprint density at radius 1 is 1.37 bits per heavy atom. The standard InChI is InChI=1S/C17H23N7O2S/c1-11-9-13(26-2)7-8-14(11)19-15(25)10-27-17-23-22-16(24(17)18)21-20-12-5-3-4-6-12/h7-9H,3-6,10,18H2,1-2H3,(H,19,25)(H,21,22). The summed E-state index contributed by atoms with van der Waals surface area (Å²) in [4.78, 5) is 12.2. The summed E-state index contributed by atoms with van der Waals surface area (Å²) in [6.07, 6.45) is 4.33. The summed E-state index contributed by atoms with van der Waals surface area (Å²) < 4.78 is 6.47. The molecule has 0 aliphatic heterocycles. The largest absolute Gasteiger partial charge is 0.497 e. The maximum absolute atomic E-state index is 12.2. The van der Waals surface area contributed by atoms with Crippen molar-refractivity contribution in [2.75, 3.05) is 29.4 Å². The van der Waals surface area contributed by atoms with Crippen molar-refractivity contribution in [1.29, 1.82) is 0 Å². The van der Waals surface area contributed by atoms with E-state index in [0.717, 1.165) is 35.6 Å². The Morgan fingerprint density at radius 2 is 2.15 bits per heavy atom. The number of hydrogen-bond donors (Lipinski definition) is 3. The van der Waals surface area contributed by atoms with Gasteiger partial charge in [-0.05, 0) is 56.4 Å². The highest BCUT2D eigenvalue weighted by molar-refractivity contribution is 7.99. The average molecular weight is 389 g/mol. The summed E-state index contributed by atoms with van der Waals surface area (Å²) in [5, 5.41) is 15.6. The van der Waals surface area contributed by atoms with Crippen LogP contribution in [-0.4, -0.2) is 39.4 Å². The van der Waals surface area contributed by atoms with Crippen LogP contribution in [0.1, 0.15) is 31.2 Å². The van der Waals surface area contributed by atoms with Crippen LogP contribution in [0.4, 0.5) is 11.6 Å². The number of aromatic nitrogens is 3. The summed E-state index contributed by atoms with van der Waals surface area (Å²) in [5.74, 6) is 7.08. The topological polar surface area (TPSA) is 119 Å². The van der Waals surface area contributed by atoms with Crippen molar-refractivity contribution in [1.82, 2.24) is 14.9 Å². The molecule has 9 nitrogen and oxygen atoms in total. The van der Waals surface area contributed by atoms with E-state index < -0.39 is 0 Å². The second kappa shape index (κ2) is 8.76. The first kappa shape index (κ1) is 19.0. The van der Waals surface area contributed by atoms with Crippen LogP contribution in [-0.2, 0) is 4.79 Å². The minimum absolute atomic E-state index is 0.156. The zero-order chi connectivity index (χ0) is 19.2. The number of nitrogens with zero attached hydrogens (tertiary/aromatic N) is 4. The molecule has 0 bridgehead atoms. The predicted octanol–water partition coefficient (Wildman–Crippen LogP) is 2.38. The third-order valence-electron chi connectivity index (χ3n) is 4.20. The molecule has 1 fully saturated rings. The second-order valence-corrected chi connectivity index (χ2v) is 7.13. The molecule has 1 aromatic carbocycles. The van der Waals surface area contributed by atoms with Gasteiger partial charge in [0.1, 0.15) is 5.75 Å². The predicted molar refractivity (Wildman–Crippen MR) is 107 cm³/mol. The Morgan fingerprint density at radius 3 is 2.85 bits per heavy atom. The van der Waals surface area contributed by atoms with Crippen LogP contribution in [0, 0.1) is 6.92 Å². The lowest BCUT2D eigenvalue weighted by atomic mass is 10.2. The van der Waals surface area contributed by atoms with Crippen LogP contribution in [0.2, 0.25) is 0 Å². The minimum Gasteiger partial charge on any atom is -0.497 e. The molecule has 0 unspecified atom stereocenters. The van der Waals surface area contributed by atoms with Crippen LogP contribution in [0.5, 0.6) is 5.75 Å².